The highest BCUT2D eigenvalue weighted by Gasteiger charge is 2.44. The van der Waals surface area contributed by atoms with Crippen molar-refractivity contribution in [2.45, 2.75) is 262 Å². The zero-order valence-corrected chi connectivity index (χ0v) is 36.6. The third-order valence-corrected chi connectivity index (χ3v) is 11.6. The molecule has 0 unspecified atom stereocenters. The second-order valence-electron chi connectivity index (χ2n) is 16.9. The second-order valence-corrected chi connectivity index (χ2v) is 16.9. The minimum absolute atomic E-state index is 0.121. The molecule has 0 aliphatic carbocycles. The van der Waals surface area contributed by atoms with Gasteiger partial charge in [0.1, 0.15) is 24.4 Å². The largest absolute Gasteiger partial charge is 0.394 e. The van der Waals surface area contributed by atoms with Gasteiger partial charge in [-0.25, -0.2) is 0 Å². The highest BCUT2D eigenvalue weighted by molar-refractivity contribution is 6.36. The Balaban J connectivity index is 2.34. The smallest absolute Gasteiger partial charge is 0.287 e. The Labute approximate surface area is 348 Å². The molecule has 10 heteroatoms. The third-order valence-electron chi connectivity index (χ3n) is 11.6. The predicted octanol–water partition coefficient (Wildman–Crippen LogP) is 9.30. The first kappa shape index (κ1) is 53.6. The first-order chi connectivity index (χ1) is 27.8. The summed E-state index contributed by atoms with van der Waals surface area (Å²) >= 11 is 0. The number of carbonyl (C=O) groups excluding carboxylic acids is 2. The van der Waals surface area contributed by atoms with Crippen LogP contribution >= 0.6 is 0 Å². The Hall–Kier alpha value is -1.40. The van der Waals surface area contributed by atoms with Crippen LogP contribution in [0.25, 0.3) is 0 Å². The van der Waals surface area contributed by atoms with Gasteiger partial charge in [0.15, 0.2) is 6.29 Å². The molecule has 0 saturated carbocycles. The van der Waals surface area contributed by atoms with Gasteiger partial charge < -0.3 is 40.3 Å². The highest BCUT2D eigenvalue weighted by Crippen LogP contribution is 2.23. The lowest BCUT2D eigenvalue weighted by atomic mass is 9.99. The van der Waals surface area contributed by atoms with Crippen LogP contribution < -0.4 is 5.32 Å². The van der Waals surface area contributed by atoms with E-state index < -0.39 is 61.1 Å². The Kier molecular flexibility index (Phi) is 35.4. The van der Waals surface area contributed by atoms with Crippen molar-refractivity contribution in [3.05, 3.63) is 12.2 Å². The van der Waals surface area contributed by atoms with Gasteiger partial charge in [-0.1, -0.05) is 206 Å². The van der Waals surface area contributed by atoms with E-state index >= 15 is 0 Å². The molecule has 0 aromatic heterocycles. The summed E-state index contributed by atoms with van der Waals surface area (Å²) in [6.45, 7) is 3.55. The maximum atomic E-state index is 12.9. The summed E-state index contributed by atoms with van der Waals surface area (Å²) in [5.74, 6) is -1.37. The average molecular weight is 812 g/mol. The number of hydrogen-bond donors (Lipinski definition) is 6. The molecule has 1 aliphatic rings. The Bertz CT molecular complexity index is 963. The number of rotatable bonds is 40. The van der Waals surface area contributed by atoms with Gasteiger partial charge in [0, 0.05) is 6.42 Å². The van der Waals surface area contributed by atoms with Crippen LogP contribution in [0.4, 0.5) is 0 Å². The minimum Gasteiger partial charge on any atom is -0.394 e. The molecule has 1 saturated heterocycles. The second kappa shape index (κ2) is 37.6. The molecule has 10 nitrogen and oxygen atoms in total. The fourth-order valence-corrected chi connectivity index (χ4v) is 7.65. The number of Topliss-reactive ketones (excluding diaryl/α,β-unsaturated/α-hetero) is 1. The van der Waals surface area contributed by atoms with Crippen LogP contribution in [0.15, 0.2) is 12.2 Å². The number of unbranched alkanes of at least 4 members (excludes halogenated alkanes) is 29. The molecular weight excluding hydrogens is 723 g/mol. The molecule has 0 radical (unpaired) electrons. The maximum Gasteiger partial charge on any atom is 0.287 e. The van der Waals surface area contributed by atoms with Crippen molar-refractivity contribution in [2.75, 3.05) is 13.2 Å². The van der Waals surface area contributed by atoms with Crippen molar-refractivity contribution < 1.29 is 44.6 Å². The van der Waals surface area contributed by atoms with Gasteiger partial charge in [-0.3, -0.25) is 9.59 Å². The molecule has 57 heavy (non-hydrogen) atoms. The summed E-state index contributed by atoms with van der Waals surface area (Å²) in [6, 6.07) is -1.03. The van der Waals surface area contributed by atoms with Crippen LogP contribution in [-0.2, 0) is 19.1 Å². The molecule has 7 atom stereocenters. The average Bonchev–Trinajstić information content (AvgIpc) is 3.21. The molecule has 0 aromatic carbocycles. The number of aliphatic hydroxyl groups is 5. The van der Waals surface area contributed by atoms with Crippen LogP contribution in [-0.4, -0.2) is 93.3 Å². The molecule has 1 fully saturated rings. The molecule has 0 spiro atoms. The zero-order chi connectivity index (χ0) is 41.8. The molecule has 0 bridgehead atoms. The van der Waals surface area contributed by atoms with Gasteiger partial charge >= 0.3 is 0 Å². The molecule has 1 amide bonds. The molecule has 336 valence electrons. The van der Waals surface area contributed by atoms with Crippen molar-refractivity contribution in [1.29, 1.82) is 0 Å². The van der Waals surface area contributed by atoms with Crippen molar-refractivity contribution in [2.24, 2.45) is 0 Å². The standard InChI is InChI=1S/C47H89NO9/c1-3-5-7-9-11-13-15-17-18-19-20-21-22-23-24-26-28-30-32-34-36-41(51)46(55)48-39(38-56-47-45(54)44(53)43(52)42(37-49)57-47)40(50)35-33-31-29-27-25-16-14-12-10-8-6-4-2/h33,35,39-40,42-45,47,49-50,52-54H,3-32,34,36-38H2,1-2H3,(H,48,55)/t39-,40+,42+,43-,44-,45+,47+/m0/s1. The SMILES string of the molecule is CCCCCCCCCCCCC=C[C@@H](O)[C@H](CO[C@@H]1O[C@H](CO)[C@H](O)[C@H](O)[C@H]1O)NC(=O)C(=O)CCCCCCCCCCCCCCCCCCCCCC. The Morgan fingerprint density at radius 1 is 0.596 bits per heavy atom. The van der Waals surface area contributed by atoms with E-state index in [0.717, 1.165) is 38.5 Å². The molecular formula is C47H89NO9. The number of hydrogen-bond acceptors (Lipinski definition) is 9. The number of ether oxygens (including phenoxy) is 2. The third kappa shape index (κ3) is 27.9. The maximum absolute atomic E-state index is 12.9. The van der Waals surface area contributed by atoms with Crippen LogP contribution in [0.1, 0.15) is 219 Å². The quantitative estimate of drug-likeness (QED) is 0.0201. The molecule has 1 aliphatic heterocycles. The lowest BCUT2D eigenvalue weighted by Gasteiger charge is -2.40. The Morgan fingerprint density at radius 3 is 1.42 bits per heavy atom. The number of allylic oxidation sites excluding steroid dienone is 1. The van der Waals surface area contributed by atoms with Crippen LogP contribution in [0, 0.1) is 0 Å². The number of aliphatic hydroxyl groups excluding tert-OH is 5. The van der Waals surface area contributed by atoms with E-state index in [1.54, 1.807) is 6.08 Å². The Morgan fingerprint density at radius 2 is 1.00 bits per heavy atom. The van der Waals surface area contributed by atoms with E-state index in [4.69, 9.17) is 9.47 Å². The number of nitrogens with one attached hydrogen (secondary N) is 1. The van der Waals surface area contributed by atoms with Gasteiger partial charge in [0.2, 0.25) is 5.78 Å². The van der Waals surface area contributed by atoms with Crippen LogP contribution in [0.3, 0.4) is 0 Å². The topological polar surface area (TPSA) is 166 Å². The minimum atomic E-state index is -1.62. The molecule has 1 rings (SSSR count). The first-order valence-corrected chi connectivity index (χ1v) is 23.9. The number of amides is 1. The predicted molar refractivity (Wildman–Crippen MR) is 231 cm³/mol. The monoisotopic (exact) mass is 812 g/mol. The van der Waals surface area contributed by atoms with Gasteiger partial charge in [0.05, 0.1) is 25.4 Å². The molecule has 6 N–H and O–H groups in total. The fourth-order valence-electron chi connectivity index (χ4n) is 7.65. The lowest BCUT2D eigenvalue weighted by Crippen LogP contribution is -2.60. The van der Waals surface area contributed by atoms with Crippen molar-refractivity contribution in [3.63, 3.8) is 0 Å². The van der Waals surface area contributed by atoms with Crippen molar-refractivity contribution in [3.8, 4) is 0 Å². The van der Waals surface area contributed by atoms with Crippen molar-refractivity contribution >= 4 is 11.7 Å². The lowest BCUT2D eigenvalue weighted by molar-refractivity contribution is -0.302. The highest BCUT2D eigenvalue weighted by atomic mass is 16.7. The van der Waals surface area contributed by atoms with E-state index in [0.29, 0.717) is 6.42 Å². The van der Waals surface area contributed by atoms with E-state index in [2.05, 4.69) is 19.2 Å². The summed E-state index contributed by atoms with van der Waals surface area (Å²) in [7, 11) is 0. The molecule has 1 heterocycles. The number of ketones is 1. The zero-order valence-electron chi connectivity index (χ0n) is 36.6. The molecule has 0 aromatic rings. The van der Waals surface area contributed by atoms with Crippen molar-refractivity contribution in [1.82, 2.24) is 5.32 Å². The normalized spacial score (nSPS) is 20.9. The van der Waals surface area contributed by atoms with Gasteiger partial charge in [-0.05, 0) is 19.3 Å². The van der Waals surface area contributed by atoms with Gasteiger partial charge in [-0.2, -0.15) is 0 Å². The van der Waals surface area contributed by atoms with E-state index in [9.17, 15) is 35.1 Å². The van der Waals surface area contributed by atoms with Gasteiger partial charge in [-0.15, -0.1) is 0 Å². The summed E-state index contributed by atoms with van der Waals surface area (Å²) in [5.41, 5.74) is 0. The van der Waals surface area contributed by atoms with E-state index in [-0.39, 0.29) is 13.0 Å². The van der Waals surface area contributed by atoms with E-state index in [1.165, 1.54) is 154 Å². The van der Waals surface area contributed by atoms with Crippen LogP contribution in [0.2, 0.25) is 0 Å². The van der Waals surface area contributed by atoms with Crippen LogP contribution in [0.5, 0.6) is 0 Å². The number of carbonyl (C=O) groups is 2. The van der Waals surface area contributed by atoms with Gasteiger partial charge in [0.25, 0.3) is 5.91 Å². The summed E-state index contributed by atoms with van der Waals surface area (Å²) in [6.07, 6.45) is 33.4. The summed E-state index contributed by atoms with van der Waals surface area (Å²) < 4.78 is 11.1. The fraction of sp³-hybridized carbons (Fsp3) is 0.915. The summed E-state index contributed by atoms with van der Waals surface area (Å²) in [4.78, 5) is 25.7. The summed E-state index contributed by atoms with van der Waals surface area (Å²) in [5, 5.41) is 53.8. The van der Waals surface area contributed by atoms with E-state index in [1.807, 2.05) is 6.08 Å². The first-order valence-electron chi connectivity index (χ1n) is 23.9.